The van der Waals surface area contributed by atoms with Crippen LogP contribution in [0.2, 0.25) is 0 Å². The van der Waals surface area contributed by atoms with Gasteiger partial charge < -0.3 is 9.73 Å². The van der Waals surface area contributed by atoms with Crippen LogP contribution in [0.1, 0.15) is 29.5 Å². The van der Waals surface area contributed by atoms with E-state index in [2.05, 4.69) is 10.3 Å². The second kappa shape index (κ2) is 8.05. The van der Waals surface area contributed by atoms with Crippen molar-refractivity contribution in [3.63, 3.8) is 0 Å². The number of rotatable bonds is 6. The van der Waals surface area contributed by atoms with Crippen molar-refractivity contribution in [1.82, 2.24) is 15.3 Å². The number of furan rings is 1. The van der Waals surface area contributed by atoms with Gasteiger partial charge >= 0.3 is 0 Å². The van der Waals surface area contributed by atoms with Gasteiger partial charge in [0.15, 0.2) is 0 Å². The highest BCUT2D eigenvalue weighted by atomic mass is 16.3. The molecule has 1 aromatic carbocycles. The molecule has 1 atom stereocenters. The number of pyridine rings is 2. The van der Waals surface area contributed by atoms with Gasteiger partial charge in [-0.2, -0.15) is 0 Å². The van der Waals surface area contributed by atoms with E-state index in [9.17, 15) is 4.79 Å². The van der Waals surface area contributed by atoms with Crippen LogP contribution in [0.4, 0.5) is 0 Å². The molecule has 0 saturated carbocycles. The molecular weight excluding hydrogens is 350 g/mol. The van der Waals surface area contributed by atoms with Gasteiger partial charge in [-0.05, 0) is 49.7 Å². The van der Waals surface area contributed by atoms with E-state index in [0.29, 0.717) is 5.56 Å². The Balaban J connectivity index is 1.60. The molecule has 3 aromatic heterocycles. The van der Waals surface area contributed by atoms with Crippen molar-refractivity contribution in [2.45, 2.75) is 25.8 Å². The topological polar surface area (TPSA) is 68.0 Å². The summed E-state index contributed by atoms with van der Waals surface area (Å²) in [6, 6.07) is 17.2. The molecule has 1 amide bonds. The van der Waals surface area contributed by atoms with Crippen molar-refractivity contribution >= 4 is 16.8 Å². The fourth-order valence-electron chi connectivity index (χ4n) is 3.22. The van der Waals surface area contributed by atoms with Gasteiger partial charge in [-0.3, -0.25) is 9.78 Å². The summed E-state index contributed by atoms with van der Waals surface area (Å²) in [5, 5.41) is 3.95. The molecule has 4 rings (SSSR count). The average Bonchev–Trinajstić information content (AvgIpc) is 3.26. The summed E-state index contributed by atoms with van der Waals surface area (Å²) in [5.74, 6) is 0.830. The summed E-state index contributed by atoms with van der Waals surface area (Å²) >= 11 is 0. The summed E-state index contributed by atoms with van der Waals surface area (Å²) < 4.78 is 5.37. The monoisotopic (exact) mass is 371 g/mol. The van der Waals surface area contributed by atoms with Crippen LogP contribution in [0.5, 0.6) is 0 Å². The van der Waals surface area contributed by atoms with E-state index in [0.717, 1.165) is 40.8 Å². The zero-order valence-corrected chi connectivity index (χ0v) is 15.6. The van der Waals surface area contributed by atoms with Crippen LogP contribution in [0.25, 0.3) is 22.2 Å². The van der Waals surface area contributed by atoms with Crippen LogP contribution in [-0.2, 0) is 6.42 Å². The Hall–Kier alpha value is -3.47. The fraction of sp³-hybridized carbons (Fsp3) is 0.174. The first kappa shape index (κ1) is 17.9. The lowest BCUT2D eigenvalue weighted by Gasteiger charge is -2.15. The minimum absolute atomic E-state index is 0.0221. The molecule has 0 aliphatic heterocycles. The molecule has 1 N–H and O–H groups in total. The number of fused-ring (bicyclic) bond motifs is 1. The predicted molar refractivity (Wildman–Crippen MR) is 109 cm³/mol. The number of nitrogens with one attached hydrogen (secondary N) is 1. The molecule has 0 saturated heterocycles. The SMILES string of the molecule is C[C@@H](CCc1ccco1)NC(=O)c1cc(-c2ccncc2)nc2ccccc12. The highest BCUT2D eigenvalue weighted by Crippen LogP contribution is 2.24. The summed E-state index contributed by atoms with van der Waals surface area (Å²) in [6.45, 7) is 2.01. The number of carbonyl (C=O) groups is 1. The minimum atomic E-state index is -0.0964. The van der Waals surface area contributed by atoms with Crippen LogP contribution >= 0.6 is 0 Å². The van der Waals surface area contributed by atoms with Crippen molar-refractivity contribution in [2.75, 3.05) is 0 Å². The highest BCUT2D eigenvalue weighted by molar-refractivity contribution is 6.07. The lowest BCUT2D eigenvalue weighted by atomic mass is 10.0. The standard InChI is InChI=1S/C23H21N3O2/c1-16(8-9-18-5-4-14-28-18)25-23(27)20-15-22(17-10-12-24-13-11-17)26-21-7-3-2-6-19(20)21/h2-7,10-16H,8-9H2,1H3,(H,25,27)/t16-/m0/s1. The lowest BCUT2D eigenvalue weighted by molar-refractivity contribution is 0.0939. The molecule has 0 aliphatic carbocycles. The van der Waals surface area contributed by atoms with Crippen molar-refractivity contribution in [1.29, 1.82) is 0 Å². The van der Waals surface area contributed by atoms with E-state index < -0.39 is 0 Å². The first-order valence-electron chi connectivity index (χ1n) is 9.34. The van der Waals surface area contributed by atoms with Crippen molar-refractivity contribution in [3.05, 3.63) is 84.6 Å². The zero-order chi connectivity index (χ0) is 19.3. The normalized spacial score (nSPS) is 12.0. The zero-order valence-electron chi connectivity index (χ0n) is 15.6. The third-order valence-electron chi connectivity index (χ3n) is 4.72. The molecule has 0 radical (unpaired) electrons. The number of benzene rings is 1. The number of aryl methyl sites for hydroxylation is 1. The number of hydrogen-bond acceptors (Lipinski definition) is 4. The van der Waals surface area contributed by atoms with E-state index in [1.807, 2.05) is 61.5 Å². The first-order chi connectivity index (χ1) is 13.7. The maximum Gasteiger partial charge on any atom is 0.252 e. The summed E-state index contributed by atoms with van der Waals surface area (Å²) in [4.78, 5) is 21.8. The summed E-state index contributed by atoms with van der Waals surface area (Å²) in [7, 11) is 0. The van der Waals surface area contributed by atoms with Gasteiger partial charge in [0.2, 0.25) is 0 Å². The van der Waals surface area contributed by atoms with E-state index in [1.54, 1.807) is 18.7 Å². The van der Waals surface area contributed by atoms with Gasteiger partial charge in [0.05, 0.1) is 23.0 Å². The summed E-state index contributed by atoms with van der Waals surface area (Å²) in [5.41, 5.74) is 3.11. The molecule has 4 aromatic rings. The molecule has 0 fully saturated rings. The molecule has 5 nitrogen and oxygen atoms in total. The maximum absolute atomic E-state index is 13.0. The van der Waals surface area contributed by atoms with Gasteiger partial charge in [0.25, 0.3) is 5.91 Å². The van der Waals surface area contributed by atoms with Gasteiger partial charge in [0, 0.05) is 35.8 Å². The third kappa shape index (κ3) is 3.93. The highest BCUT2D eigenvalue weighted by Gasteiger charge is 2.16. The Bertz CT molecular complexity index is 1080. The van der Waals surface area contributed by atoms with E-state index >= 15 is 0 Å². The number of hydrogen-bond donors (Lipinski definition) is 1. The molecule has 0 spiro atoms. The quantitative estimate of drug-likeness (QED) is 0.536. The summed E-state index contributed by atoms with van der Waals surface area (Å²) in [6.07, 6.45) is 6.71. The Kier molecular flexibility index (Phi) is 5.15. The molecule has 3 heterocycles. The van der Waals surface area contributed by atoms with Gasteiger partial charge in [-0.25, -0.2) is 4.98 Å². The first-order valence-corrected chi connectivity index (χ1v) is 9.34. The fourth-order valence-corrected chi connectivity index (χ4v) is 3.22. The van der Waals surface area contributed by atoms with Crippen molar-refractivity contribution < 1.29 is 9.21 Å². The van der Waals surface area contributed by atoms with Crippen LogP contribution in [0.15, 0.2) is 77.7 Å². The second-order valence-electron chi connectivity index (χ2n) is 6.80. The third-order valence-corrected chi connectivity index (χ3v) is 4.72. The molecule has 140 valence electrons. The molecule has 5 heteroatoms. The molecule has 0 bridgehead atoms. The van der Waals surface area contributed by atoms with Crippen molar-refractivity contribution in [2.24, 2.45) is 0 Å². The number of aromatic nitrogens is 2. The molecular formula is C23H21N3O2. The van der Waals surface area contributed by atoms with Crippen LogP contribution in [0, 0.1) is 0 Å². The largest absolute Gasteiger partial charge is 0.469 e. The van der Waals surface area contributed by atoms with Crippen LogP contribution in [-0.4, -0.2) is 21.9 Å². The molecule has 0 aliphatic rings. The molecule has 28 heavy (non-hydrogen) atoms. The average molecular weight is 371 g/mol. The van der Waals surface area contributed by atoms with E-state index in [4.69, 9.17) is 9.40 Å². The number of nitrogens with zero attached hydrogens (tertiary/aromatic N) is 2. The number of carbonyl (C=O) groups excluding carboxylic acids is 1. The minimum Gasteiger partial charge on any atom is -0.469 e. The van der Waals surface area contributed by atoms with Crippen molar-refractivity contribution in [3.8, 4) is 11.3 Å². The lowest BCUT2D eigenvalue weighted by Crippen LogP contribution is -2.33. The Labute approximate surface area is 163 Å². The van der Waals surface area contributed by atoms with Crippen LogP contribution in [0.3, 0.4) is 0 Å². The Morgan fingerprint density at radius 2 is 1.93 bits per heavy atom. The van der Waals surface area contributed by atoms with E-state index in [1.165, 1.54) is 0 Å². The number of amides is 1. The second-order valence-corrected chi connectivity index (χ2v) is 6.80. The number of para-hydroxylation sites is 1. The van der Waals surface area contributed by atoms with Gasteiger partial charge in [-0.1, -0.05) is 18.2 Å². The Morgan fingerprint density at radius 1 is 1.11 bits per heavy atom. The van der Waals surface area contributed by atoms with E-state index in [-0.39, 0.29) is 11.9 Å². The molecule has 0 unspecified atom stereocenters. The maximum atomic E-state index is 13.0. The van der Waals surface area contributed by atoms with Gasteiger partial charge in [-0.15, -0.1) is 0 Å². The van der Waals surface area contributed by atoms with Crippen LogP contribution < -0.4 is 5.32 Å². The predicted octanol–water partition coefficient (Wildman–Crippen LogP) is 4.64. The Morgan fingerprint density at radius 3 is 2.71 bits per heavy atom. The van der Waals surface area contributed by atoms with Gasteiger partial charge in [0.1, 0.15) is 5.76 Å². The smallest absolute Gasteiger partial charge is 0.252 e.